The van der Waals surface area contributed by atoms with Gasteiger partial charge in [0.05, 0.1) is 23.8 Å². The smallest absolute Gasteiger partial charge is 0.231 e. The number of nitrogens with zero attached hydrogens (tertiary/aromatic N) is 2. The van der Waals surface area contributed by atoms with Gasteiger partial charge in [0, 0.05) is 49.8 Å². The van der Waals surface area contributed by atoms with Gasteiger partial charge in [-0.1, -0.05) is 26.7 Å². The number of amides is 1. The first-order valence-corrected chi connectivity index (χ1v) is 14.2. The number of hydrogen-bond donors (Lipinski definition) is 5. The number of hydrogen-bond acceptors (Lipinski definition) is 7. The van der Waals surface area contributed by atoms with Gasteiger partial charge < -0.3 is 32.3 Å². The second kappa shape index (κ2) is 13.1. The van der Waals surface area contributed by atoms with E-state index in [9.17, 15) is 4.79 Å². The Bertz CT molecular complexity index is 704. The molecule has 2 fully saturated rings. The Labute approximate surface area is 217 Å². The normalized spacial score (nSPS) is 29.7. The van der Waals surface area contributed by atoms with E-state index in [1.807, 2.05) is 6.20 Å². The third-order valence-corrected chi connectivity index (χ3v) is 9.38. The van der Waals surface area contributed by atoms with E-state index in [1.165, 1.54) is 0 Å². The summed E-state index contributed by atoms with van der Waals surface area (Å²) in [7, 11) is 4.32. The van der Waals surface area contributed by atoms with Gasteiger partial charge in [-0.25, -0.2) is 0 Å². The zero-order chi connectivity index (χ0) is 25.6. The highest BCUT2D eigenvalue weighted by Crippen LogP contribution is 2.40. The third kappa shape index (κ3) is 7.33. The molecule has 2 saturated heterocycles. The first kappa shape index (κ1) is 28.7. The maximum atomic E-state index is 13.8. The van der Waals surface area contributed by atoms with E-state index < -0.39 is 12.1 Å². The predicted octanol–water partition coefficient (Wildman–Crippen LogP) is 1.75. The summed E-state index contributed by atoms with van der Waals surface area (Å²) in [6.07, 6.45) is 9.55. The molecule has 4 unspecified atom stereocenters. The molecule has 0 spiro atoms. The molecule has 4 atom stereocenters. The van der Waals surface area contributed by atoms with Gasteiger partial charge in [0.1, 0.15) is 0 Å². The van der Waals surface area contributed by atoms with Gasteiger partial charge in [-0.15, -0.1) is 11.6 Å². The molecule has 0 aromatic carbocycles. The van der Waals surface area contributed by atoms with Crippen molar-refractivity contribution in [2.75, 3.05) is 40.3 Å². The van der Waals surface area contributed by atoms with Crippen molar-refractivity contribution in [3.05, 3.63) is 11.9 Å². The molecule has 0 saturated carbocycles. The summed E-state index contributed by atoms with van der Waals surface area (Å²) in [6, 6.07) is 0.729. The van der Waals surface area contributed by atoms with Crippen LogP contribution in [0.4, 0.5) is 0 Å². The molecule has 8 nitrogen and oxygen atoms in total. The summed E-state index contributed by atoms with van der Waals surface area (Å²) < 4.78 is 0. The Hall–Kier alpha value is -0.900. The first-order chi connectivity index (χ1) is 16.7. The van der Waals surface area contributed by atoms with Crippen molar-refractivity contribution >= 4 is 17.5 Å². The first-order valence-electron chi connectivity index (χ1n) is 13.7. The molecule has 3 heterocycles. The van der Waals surface area contributed by atoms with E-state index in [1.54, 1.807) is 0 Å². The molecule has 0 aromatic rings. The Kier molecular flexibility index (Phi) is 10.7. The average Bonchev–Trinajstić information content (AvgIpc) is 2.84. The van der Waals surface area contributed by atoms with Crippen molar-refractivity contribution in [1.29, 1.82) is 0 Å². The molecule has 0 aromatic heterocycles. The molecule has 0 aliphatic carbocycles. The topological polar surface area (TPSA) is 112 Å². The Morgan fingerprint density at radius 2 is 1.91 bits per heavy atom. The number of nitrogens with one attached hydrogen (secondary N) is 3. The lowest BCUT2D eigenvalue weighted by Crippen LogP contribution is -2.59. The highest BCUT2D eigenvalue weighted by molar-refractivity contribution is 6.20. The number of carbonyl (C=O) groups is 1. The predicted molar refractivity (Wildman–Crippen MR) is 145 cm³/mol. The highest BCUT2D eigenvalue weighted by Gasteiger charge is 2.40. The molecule has 3 aliphatic rings. The van der Waals surface area contributed by atoms with Gasteiger partial charge in [-0.05, 0) is 58.0 Å². The molecule has 0 radical (unpaired) electrons. The minimum absolute atomic E-state index is 0.0488. The lowest BCUT2D eigenvalue weighted by Gasteiger charge is -2.43. The van der Waals surface area contributed by atoms with Gasteiger partial charge in [-0.3, -0.25) is 9.69 Å². The van der Waals surface area contributed by atoms with Crippen molar-refractivity contribution in [1.82, 2.24) is 25.8 Å². The van der Waals surface area contributed by atoms with Crippen molar-refractivity contribution in [2.45, 2.75) is 94.9 Å². The third-order valence-electron chi connectivity index (χ3n) is 9.01. The summed E-state index contributed by atoms with van der Waals surface area (Å²) in [6.45, 7) is 8.14. The fourth-order valence-electron chi connectivity index (χ4n) is 6.35. The van der Waals surface area contributed by atoms with Crippen LogP contribution in [0.1, 0.15) is 65.2 Å². The Morgan fingerprint density at radius 3 is 2.51 bits per heavy atom. The Balaban J connectivity index is 1.73. The van der Waals surface area contributed by atoms with E-state index >= 15 is 0 Å². The largest absolute Gasteiger partial charge is 0.389 e. The number of likely N-dealkylation sites (tertiary alicyclic amines) is 1. The molecule has 202 valence electrons. The van der Waals surface area contributed by atoms with Gasteiger partial charge in [0.15, 0.2) is 0 Å². The minimum atomic E-state index is -0.751. The molecule has 3 aliphatic heterocycles. The van der Waals surface area contributed by atoms with Crippen LogP contribution in [0.25, 0.3) is 0 Å². The van der Waals surface area contributed by atoms with Crippen LogP contribution >= 0.6 is 11.6 Å². The molecule has 0 bridgehead atoms. The maximum Gasteiger partial charge on any atom is 0.231 e. The zero-order valence-electron chi connectivity index (χ0n) is 22.4. The van der Waals surface area contributed by atoms with Crippen molar-refractivity contribution < 1.29 is 4.79 Å². The maximum absolute atomic E-state index is 13.8. The molecule has 7 N–H and O–H groups in total. The molecule has 9 heteroatoms. The lowest BCUT2D eigenvalue weighted by atomic mass is 9.70. The number of piperidine rings is 1. The Morgan fingerprint density at radius 1 is 1.23 bits per heavy atom. The lowest BCUT2D eigenvalue weighted by molar-refractivity contribution is -0.126. The van der Waals surface area contributed by atoms with Crippen LogP contribution in [0.3, 0.4) is 0 Å². The SMILES string of the molecule is CCC1(CC)CCC(Cl)CNC(C(C(=O)NC2=CNCCC2N2CCC(N(C)C)CC2)C(N)N)C1. The van der Waals surface area contributed by atoms with Crippen molar-refractivity contribution in [2.24, 2.45) is 22.8 Å². The summed E-state index contributed by atoms with van der Waals surface area (Å²) >= 11 is 6.60. The van der Waals surface area contributed by atoms with Gasteiger partial charge in [-0.2, -0.15) is 0 Å². The van der Waals surface area contributed by atoms with Crippen molar-refractivity contribution in [3.8, 4) is 0 Å². The molecular formula is C26H50ClN7O. The molecule has 1 amide bonds. The monoisotopic (exact) mass is 511 g/mol. The second-order valence-corrected chi connectivity index (χ2v) is 11.9. The van der Waals surface area contributed by atoms with Crippen molar-refractivity contribution in [3.63, 3.8) is 0 Å². The second-order valence-electron chi connectivity index (χ2n) is 11.2. The van der Waals surface area contributed by atoms with E-state index in [4.69, 9.17) is 23.1 Å². The fraction of sp³-hybridized carbons (Fsp3) is 0.885. The van der Waals surface area contributed by atoms with Crippen LogP contribution in [0.15, 0.2) is 11.9 Å². The van der Waals surface area contributed by atoms with E-state index in [0.717, 1.165) is 76.7 Å². The quantitative estimate of drug-likeness (QED) is 0.249. The highest BCUT2D eigenvalue weighted by atomic mass is 35.5. The minimum Gasteiger partial charge on any atom is -0.389 e. The number of alkyl halides is 1. The van der Waals surface area contributed by atoms with Crippen LogP contribution in [-0.2, 0) is 4.79 Å². The summed E-state index contributed by atoms with van der Waals surface area (Å²) in [5.74, 6) is -0.620. The summed E-state index contributed by atoms with van der Waals surface area (Å²) in [5, 5.41) is 10.2. The molecule has 3 rings (SSSR count). The average molecular weight is 512 g/mol. The fourth-order valence-corrected chi connectivity index (χ4v) is 6.55. The number of nitrogens with two attached hydrogens (primary N) is 2. The summed E-state index contributed by atoms with van der Waals surface area (Å²) in [5.41, 5.74) is 13.7. The number of rotatable bonds is 8. The van der Waals surface area contributed by atoms with Crippen LogP contribution in [-0.4, -0.2) is 85.6 Å². The van der Waals surface area contributed by atoms with Crippen LogP contribution in [0.5, 0.6) is 0 Å². The summed E-state index contributed by atoms with van der Waals surface area (Å²) in [4.78, 5) is 18.6. The van der Waals surface area contributed by atoms with Gasteiger partial charge in [0.25, 0.3) is 0 Å². The standard InChI is InChI=1S/C26H50ClN7O/c1-5-26(6-2)11-7-18(27)16-31-20(15-26)23(24(28)29)25(35)32-21-17-30-12-8-22(21)34-13-9-19(10-14-34)33(3)4/h17-20,22-24,30-31H,5-16,28-29H2,1-4H3,(H,32,35). The van der Waals surface area contributed by atoms with Crippen LogP contribution in [0, 0.1) is 11.3 Å². The van der Waals surface area contributed by atoms with E-state index in [0.29, 0.717) is 12.6 Å². The molecular weight excluding hydrogens is 462 g/mol. The number of carbonyl (C=O) groups excluding carboxylic acids is 1. The van der Waals surface area contributed by atoms with Gasteiger partial charge in [0.2, 0.25) is 5.91 Å². The molecule has 35 heavy (non-hydrogen) atoms. The van der Waals surface area contributed by atoms with Crippen LogP contribution < -0.4 is 27.4 Å². The van der Waals surface area contributed by atoms with E-state index in [-0.39, 0.29) is 28.8 Å². The van der Waals surface area contributed by atoms with Gasteiger partial charge >= 0.3 is 0 Å². The zero-order valence-corrected chi connectivity index (χ0v) is 23.1. The van der Waals surface area contributed by atoms with E-state index in [2.05, 4.69) is 53.7 Å². The number of halogens is 1. The van der Waals surface area contributed by atoms with Crippen LogP contribution in [0.2, 0.25) is 0 Å².